The second-order valence-corrected chi connectivity index (χ2v) is 2.21. The zero-order valence-corrected chi connectivity index (χ0v) is 6.87. The number of nitrogens with one attached hydrogen (secondary N) is 2. The second kappa shape index (κ2) is 4.68. The molecule has 0 aliphatic heterocycles. The Morgan fingerprint density at radius 3 is 1.33 bits per heavy atom. The molecule has 0 aliphatic rings. The van der Waals surface area contributed by atoms with Crippen LogP contribution in [0, 0.1) is 0 Å². The van der Waals surface area contributed by atoms with Crippen LogP contribution in [0.1, 0.15) is 0 Å². The van der Waals surface area contributed by atoms with Crippen molar-refractivity contribution in [3.05, 3.63) is 0 Å². The van der Waals surface area contributed by atoms with Crippen LogP contribution in [0.15, 0.2) is 0 Å². The van der Waals surface area contributed by atoms with Crippen LogP contribution in [0.5, 0.6) is 0 Å². The number of aliphatic carboxylic acids is 2. The van der Waals surface area contributed by atoms with E-state index in [4.69, 9.17) is 10.2 Å². The topological polar surface area (TPSA) is 98.7 Å². The Hall–Kier alpha value is -1.14. The predicted octanol–water partition coefficient (Wildman–Crippen LogP) is -1.67. The van der Waals surface area contributed by atoms with E-state index in [2.05, 4.69) is 10.6 Å². The third-order valence-corrected chi connectivity index (χ3v) is 1.49. The molecule has 0 saturated carbocycles. The van der Waals surface area contributed by atoms with E-state index in [1.165, 1.54) is 14.1 Å². The van der Waals surface area contributed by atoms with Crippen LogP contribution in [0.3, 0.4) is 0 Å². The van der Waals surface area contributed by atoms with E-state index in [9.17, 15) is 9.59 Å². The van der Waals surface area contributed by atoms with Crippen molar-refractivity contribution < 1.29 is 19.8 Å². The molecule has 0 aromatic rings. The molecule has 4 N–H and O–H groups in total. The van der Waals surface area contributed by atoms with Crippen molar-refractivity contribution in [2.75, 3.05) is 14.1 Å². The van der Waals surface area contributed by atoms with Gasteiger partial charge in [-0.25, -0.2) is 0 Å². The highest BCUT2D eigenvalue weighted by molar-refractivity contribution is 5.85. The molecule has 0 aromatic heterocycles. The minimum absolute atomic E-state index is 1.12. The molecule has 0 rings (SSSR count). The molecule has 0 radical (unpaired) electrons. The Morgan fingerprint density at radius 2 is 1.25 bits per heavy atom. The van der Waals surface area contributed by atoms with Gasteiger partial charge in [-0.05, 0) is 14.1 Å². The normalized spacial score (nSPS) is 15.2. The van der Waals surface area contributed by atoms with E-state index < -0.39 is 24.0 Å². The van der Waals surface area contributed by atoms with Crippen molar-refractivity contribution in [1.29, 1.82) is 0 Å². The third kappa shape index (κ3) is 2.48. The van der Waals surface area contributed by atoms with Gasteiger partial charge in [0.15, 0.2) is 0 Å². The summed E-state index contributed by atoms with van der Waals surface area (Å²) in [6.45, 7) is 0. The van der Waals surface area contributed by atoms with Gasteiger partial charge in [-0.2, -0.15) is 0 Å². The summed E-state index contributed by atoms with van der Waals surface area (Å²) in [5.41, 5.74) is 0. The summed E-state index contributed by atoms with van der Waals surface area (Å²) in [5.74, 6) is -2.39. The zero-order valence-electron chi connectivity index (χ0n) is 6.87. The maximum absolute atomic E-state index is 10.5. The lowest BCUT2D eigenvalue weighted by atomic mass is 10.1. The molecule has 6 heteroatoms. The van der Waals surface area contributed by atoms with E-state index in [-0.39, 0.29) is 0 Å². The summed E-state index contributed by atoms with van der Waals surface area (Å²) in [5, 5.41) is 21.9. The molecule has 2 atom stereocenters. The first-order chi connectivity index (χ1) is 5.54. The fraction of sp³-hybridized carbons (Fsp3) is 0.667. The predicted molar refractivity (Wildman–Crippen MR) is 41.0 cm³/mol. The molecule has 0 unspecified atom stereocenters. The van der Waals surface area contributed by atoms with Crippen molar-refractivity contribution in [3.8, 4) is 0 Å². The molecule has 0 bridgehead atoms. The summed E-state index contributed by atoms with van der Waals surface area (Å²) in [6, 6.07) is -2.24. The minimum atomic E-state index is -1.20. The Balaban J connectivity index is 4.44. The van der Waals surface area contributed by atoms with Crippen LogP contribution in [0.4, 0.5) is 0 Å². The number of hydrogen-bond acceptors (Lipinski definition) is 4. The lowest BCUT2D eigenvalue weighted by Gasteiger charge is -2.18. The average molecular weight is 176 g/mol. The third-order valence-electron chi connectivity index (χ3n) is 1.49. The van der Waals surface area contributed by atoms with E-state index in [0.29, 0.717) is 0 Å². The van der Waals surface area contributed by atoms with Gasteiger partial charge in [0.1, 0.15) is 12.1 Å². The molecule has 0 saturated heterocycles. The average Bonchev–Trinajstić information content (AvgIpc) is 1.98. The fourth-order valence-electron chi connectivity index (χ4n) is 0.865. The minimum Gasteiger partial charge on any atom is -0.480 e. The van der Waals surface area contributed by atoms with Crippen LogP contribution in [0.2, 0.25) is 0 Å². The zero-order chi connectivity index (χ0) is 9.72. The van der Waals surface area contributed by atoms with Gasteiger partial charge in [-0.3, -0.25) is 9.59 Å². The fourth-order valence-corrected chi connectivity index (χ4v) is 0.865. The number of carboxylic acids is 2. The highest BCUT2D eigenvalue weighted by Crippen LogP contribution is 1.93. The van der Waals surface area contributed by atoms with Gasteiger partial charge in [-0.1, -0.05) is 0 Å². The SMILES string of the molecule is CN[C@H](C(=O)O)[C@@H](NC)C(=O)O. The number of rotatable bonds is 5. The monoisotopic (exact) mass is 176 g/mol. The molecule has 0 aromatic carbocycles. The first-order valence-corrected chi connectivity index (χ1v) is 3.34. The Bertz CT molecular complexity index is 162. The van der Waals surface area contributed by atoms with E-state index in [0.717, 1.165) is 0 Å². The molecule has 6 nitrogen and oxygen atoms in total. The number of carboxylic acid groups (broad SMARTS) is 2. The molecule has 0 heterocycles. The lowest BCUT2D eigenvalue weighted by Crippen LogP contribution is -2.54. The van der Waals surface area contributed by atoms with Gasteiger partial charge >= 0.3 is 11.9 Å². The maximum Gasteiger partial charge on any atom is 0.322 e. The largest absolute Gasteiger partial charge is 0.480 e. The van der Waals surface area contributed by atoms with Gasteiger partial charge in [0, 0.05) is 0 Å². The van der Waals surface area contributed by atoms with Crippen LogP contribution >= 0.6 is 0 Å². The van der Waals surface area contributed by atoms with Crippen molar-refractivity contribution >= 4 is 11.9 Å². The van der Waals surface area contributed by atoms with Gasteiger partial charge in [-0.15, -0.1) is 0 Å². The summed E-state index contributed by atoms with van der Waals surface area (Å²) in [6.07, 6.45) is 0. The standard InChI is InChI=1S/C6H12N2O4/c1-7-3(5(9)10)4(8-2)6(11)12/h3-4,7-8H,1-2H3,(H,9,10)(H,11,12)/t3-,4+. The smallest absolute Gasteiger partial charge is 0.322 e. The van der Waals surface area contributed by atoms with Gasteiger partial charge < -0.3 is 20.8 Å². The highest BCUT2D eigenvalue weighted by Gasteiger charge is 2.30. The first-order valence-electron chi connectivity index (χ1n) is 3.34. The van der Waals surface area contributed by atoms with Crippen molar-refractivity contribution in [3.63, 3.8) is 0 Å². The molecular weight excluding hydrogens is 164 g/mol. The van der Waals surface area contributed by atoms with E-state index in [1.807, 2.05) is 0 Å². The quantitative estimate of drug-likeness (QED) is 0.400. The van der Waals surface area contributed by atoms with Crippen LogP contribution in [-0.2, 0) is 9.59 Å². The molecule has 12 heavy (non-hydrogen) atoms. The first kappa shape index (κ1) is 10.9. The lowest BCUT2D eigenvalue weighted by molar-refractivity contribution is -0.148. The van der Waals surface area contributed by atoms with Gasteiger partial charge in [0.25, 0.3) is 0 Å². The van der Waals surface area contributed by atoms with Gasteiger partial charge in [0.05, 0.1) is 0 Å². The molecule has 0 aliphatic carbocycles. The van der Waals surface area contributed by atoms with Crippen molar-refractivity contribution in [1.82, 2.24) is 10.6 Å². The van der Waals surface area contributed by atoms with Crippen molar-refractivity contribution in [2.45, 2.75) is 12.1 Å². The molecular formula is C6H12N2O4. The molecule has 0 amide bonds. The van der Waals surface area contributed by atoms with E-state index >= 15 is 0 Å². The summed E-state index contributed by atoms with van der Waals surface area (Å²) in [7, 11) is 2.79. The Labute approximate surface area is 69.6 Å². The van der Waals surface area contributed by atoms with E-state index in [1.54, 1.807) is 0 Å². The number of carbonyl (C=O) groups is 2. The number of hydrogen-bond donors (Lipinski definition) is 4. The molecule has 0 fully saturated rings. The molecule has 70 valence electrons. The summed E-state index contributed by atoms with van der Waals surface area (Å²) >= 11 is 0. The van der Waals surface area contributed by atoms with Gasteiger partial charge in [0.2, 0.25) is 0 Å². The maximum atomic E-state index is 10.5. The van der Waals surface area contributed by atoms with Crippen LogP contribution < -0.4 is 10.6 Å². The van der Waals surface area contributed by atoms with Crippen LogP contribution in [0.25, 0.3) is 0 Å². The Morgan fingerprint density at radius 1 is 1.00 bits per heavy atom. The summed E-state index contributed by atoms with van der Waals surface area (Å²) < 4.78 is 0. The number of likely N-dealkylation sites (N-methyl/N-ethyl adjacent to an activating group) is 2. The highest BCUT2D eigenvalue weighted by atomic mass is 16.4. The Kier molecular flexibility index (Phi) is 4.24. The summed E-state index contributed by atoms with van der Waals surface area (Å²) in [4.78, 5) is 20.9. The van der Waals surface area contributed by atoms with Crippen molar-refractivity contribution in [2.24, 2.45) is 0 Å². The molecule has 0 spiro atoms. The van der Waals surface area contributed by atoms with Crippen LogP contribution in [-0.4, -0.2) is 48.3 Å². The second-order valence-electron chi connectivity index (χ2n) is 2.21.